The number of hydrogen-bond acceptors (Lipinski definition) is 7. The average Bonchev–Trinajstić information content (AvgIpc) is 3.35. The van der Waals surface area contributed by atoms with E-state index in [0.717, 1.165) is 30.9 Å². The Morgan fingerprint density at radius 1 is 0.930 bits per heavy atom. The molecule has 0 fully saturated rings. The van der Waals surface area contributed by atoms with Gasteiger partial charge in [0.2, 0.25) is 5.91 Å². The molecule has 0 saturated carbocycles. The van der Waals surface area contributed by atoms with E-state index in [0.29, 0.717) is 39.6 Å². The number of carbonyl (C=O) groups is 1. The maximum atomic E-state index is 13.6. The molecule has 43 heavy (non-hydrogen) atoms. The number of fused-ring (bicyclic) bond motifs is 1. The molecule has 228 valence electrons. The summed E-state index contributed by atoms with van der Waals surface area (Å²) in [7, 11) is -1.78. The lowest BCUT2D eigenvalue weighted by molar-refractivity contribution is -0.118. The highest BCUT2D eigenvalue weighted by atomic mass is 31.2. The minimum atomic E-state index is -3.56. The number of anilines is 1. The first-order valence-corrected chi connectivity index (χ1v) is 16.3. The Morgan fingerprint density at radius 2 is 1.58 bits per heavy atom. The number of rotatable bonds is 14. The van der Waals surface area contributed by atoms with Crippen molar-refractivity contribution < 1.29 is 23.5 Å². The van der Waals surface area contributed by atoms with Crippen LogP contribution in [0, 0.1) is 0 Å². The largest absolute Gasteiger partial charge is 0.494 e. The molecule has 0 aliphatic rings. The number of amides is 1. The molecule has 0 spiro atoms. The van der Waals surface area contributed by atoms with Gasteiger partial charge in [0.25, 0.3) is 0 Å². The summed E-state index contributed by atoms with van der Waals surface area (Å²) >= 11 is 0. The van der Waals surface area contributed by atoms with Gasteiger partial charge in [-0.1, -0.05) is 44.2 Å². The highest BCUT2D eigenvalue weighted by molar-refractivity contribution is 7.62. The minimum Gasteiger partial charge on any atom is -0.494 e. The predicted octanol–water partition coefficient (Wildman–Crippen LogP) is 6.63. The fraction of sp³-hybridized carbons (Fsp3) is 0.333. The smallest absolute Gasteiger partial charge is 0.361 e. The number of hydrogen-bond donors (Lipinski definition) is 2. The number of aliphatic imine (C=N–C) groups is 1. The number of aromatic nitrogens is 1. The molecule has 2 N–H and O–H groups in total. The van der Waals surface area contributed by atoms with Crippen molar-refractivity contribution in [1.82, 2.24) is 9.88 Å². The molecule has 4 aromatic rings. The first-order valence-electron chi connectivity index (χ1n) is 14.7. The lowest BCUT2D eigenvalue weighted by Crippen LogP contribution is -2.32. The molecule has 3 aromatic carbocycles. The molecule has 0 unspecified atom stereocenters. The summed E-state index contributed by atoms with van der Waals surface area (Å²) in [5.74, 6) is -0.0170. The molecule has 9 nitrogen and oxygen atoms in total. The van der Waals surface area contributed by atoms with Crippen LogP contribution in [0.3, 0.4) is 0 Å². The zero-order valence-corrected chi connectivity index (χ0v) is 26.4. The van der Waals surface area contributed by atoms with Gasteiger partial charge >= 0.3 is 7.60 Å². The van der Waals surface area contributed by atoms with Gasteiger partial charge in [0.15, 0.2) is 5.88 Å². The molecule has 0 atom stereocenters. The van der Waals surface area contributed by atoms with Crippen molar-refractivity contribution in [1.29, 1.82) is 0 Å². The van der Waals surface area contributed by atoms with Gasteiger partial charge in [-0.3, -0.25) is 9.36 Å². The molecule has 0 bridgehead atoms. The Bertz CT molecular complexity index is 1590. The van der Waals surface area contributed by atoms with E-state index in [9.17, 15) is 14.5 Å². The average molecular weight is 605 g/mol. The van der Waals surface area contributed by atoms with E-state index >= 15 is 0 Å². The molecular weight excluding hydrogens is 563 g/mol. The van der Waals surface area contributed by atoms with Crippen LogP contribution in [0.1, 0.15) is 45.2 Å². The number of nitrogens with one attached hydrogen (secondary N) is 1. The van der Waals surface area contributed by atoms with Crippen molar-refractivity contribution in [2.75, 3.05) is 44.8 Å². The molecule has 0 aliphatic heterocycles. The molecular formula is C33H41N4O5P. The van der Waals surface area contributed by atoms with E-state index in [4.69, 9.17) is 14.0 Å². The maximum absolute atomic E-state index is 13.6. The topological polar surface area (TPSA) is 107 Å². The van der Waals surface area contributed by atoms with Crippen molar-refractivity contribution in [3.05, 3.63) is 83.9 Å². The van der Waals surface area contributed by atoms with Gasteiger partial charge in [0.1, 0.15) is 0 Å². The predicted molar refractivity (Wildman–Crippen MR) is 174 cm³/mol. The van der Waals surface area contributed by atoms with E-state index in [2.05, 4.69) is 23.7 Å². The van der Waals surface area contributed by atoms with Crippen molar-refractivity contribution >= 4 is 46.8 Å². The van der Waals surface area contributed by atoms with Crippen molar-refractivity contribution in [3.63, 3.8) is 0 Å². The Kier molecular flexibility index (Phi) is 10.9. The van der Waals surface area contributed by atoms with E-state index in [1.54, 1.807) is 44.0 Å². The summed E-state index contributed by atoms with van der Waals surface area (Å²) in [6, 6.07) is 22.2. The van der Waals surface area contributed by atoms with E-state index in [-0.39, 0.29) is 25.0 Å². The third kappa shape index (κ3) is 7.43. The summed E-state index contributed by atoms with van der Waals surface area (Å²) in [4.78, 5) is 24.7. The number of aromatic amines is 1. The van der Waals surface area contributed by atoms with Crippen LogP contribution in [-0.4, -0.2) is 66.5 Å². The molecule has 4 rings (SSSR count). The summed E-state index contributed by atoms with van der Waals surface area (Å²) in [5.41, 5.74) is 3.85. The quantitative estimate of drug-likeness (QED) is 0.124. The summed E-state index contributed by atoms with van der Waals surface area (Å²) < 4.78 is 24.7. The van der Waals surface area contributed by atoms with Crippen LogP contribution < -0.4 is 10.2 Å². The number of nitrogens with zero attached hydrogens (tertiary/aromatic N) is 3. The van der Waals surface area contributed by atoms with Crippen LogP contribution in [0.15, 0.2) is 77.8 Å². The van der Waals surface area contributed by atoms with E-state index in [1.165, 1.54) is 0 Å². The zero-order chi connectivity index (χ0) is 31.0. The summed E-state index contributed by atoms with van der Waals surface area (Å²) in [6.07, 6.45) is 0.442. The van der Waals surface area contributed by atoms with Gasteiger partial charge in [-0.15, -0.1) is 0 Å². The van der Waals surface area contributed by atoms with Crippen LogP contribution in [0.4, 0.5) is 11.4 Å². The van der Waals surface area contributed by atoms with Gasteiger partial charge in [-0.25, -0.2) is 4.99 Å². The van der Waals surface area contributed by atoms with E-state index in [1.807, 2.05) is 54.6 Å². The van der Waals surface area contributed by atoms with Crippen LogP contribution in [0.2, 0.25) is 0 Å². The normalized spacial score (nSPS) is 12.3. The Hall–Kier alpha value is -3.75. The third-order valence-electron chi connectivity index (χ3n) is 7.35. The zero-order valence-electron chi connectivity index (χ0n) is 25.5. The number of benzene rings is 3. The van der Waals surface area contributed by atoms with Gasteiger partial charge in [0.05, 0.1) is 35.5 Å². The van der Waals surface area contributed by atoms with Crippen LogP contribution in [-0.2, 0) is 18.4 Å². The molecule has 10 heteroatoms. The van der Waals surface area contributed by atoms with Crippen molar-refractivity contribution in [2.24, 2.45) is 4.99 Å². The Morgan fingerprint density at radius 3 is 2.19 bits per heavy atom. The van der Waals surface area contributed by atoms with Crippen molar-refractivity contribution in [3.8, 4) is 5.88 Å². The van der Waals surface area contributed by atoms with E-state index < -0.39 is 7.60 Å². The highest BCUT2D eigenvalue weighted by Gasteiger charge is 2.28. The van der Waals surface area contributed by atoms with Gasteiger partial charge in [-0.05, 0) is 69.4 Å². The van der Waals surface area contributed by atoms with Gasteiger partial charge in [-0.2, -0.15) is 0 Å². The molecule has 1 aromatic heterocycles. The van der Waals surface area contributed by atoms with Crippen LogP contribution >= 0.6 is 7.60 Å². The molecule has 1 heterocycles. The summed E-state index contributed by atoms with van der Waals surface area (Å²) in [5, 5.41) is 12.2. The molecule has 1 amide bonds. The standard InChI is InChI=1S/C33H41N4O5P/c1-6-37(7-2)22-21-30(38)36(5)26-17-15-25(16-18-26)34-32(24-13-11-10-12-14-24)31-28-23-27(19-20-29(28)35-33(31)39)43(40,41-8-3)42-9-4/h10-20,23,35,39H,6-9,21-22H2,1-5H3. The van der Waals surface area contributed by atoms with Crippen molar-refractivity contribution in [2.45, 2.75) is 34.1 Å². The van der Waals surface area contributed by atoms with Crippen LogP contribution in [0.5, 0.6) is 5.88 Å². The Balaban J connectivity index is 1.74. The number of aromatic hydroxyl groups is 1. The van der Waals surface area contributed by atoms with Crippen LogP contribution in [0.25, 0.3) is 10.9 Å². The first kappa shape index (κ1) is 32.2. The lowest BCUT2D eigenvalue weighted by Gasteiger charge is -2.21. The molecule has 0 radical (unpaired) electrons. The molecule has 0 saturated heterocycles. The Labute approximate surface area is 253 Å². The first-order chi connectivity index (χ1) is 20.7. The number of H-pyrrole nitrogens is 1. The van der Waals surface area contributed by atoms with Gasteiger partial charge in [0, 0.05) is 42.2 Å². The third-order valence-corrected chi connectivity index (χ3v) is 9.46. The fourth-order valence-corrected chi connectivity index (χ4v) is 6.54. The minimum absolute atomic E-state index is 0.0454. The SMILES string of the molecule is CCOP(=O)(OCC)c1ccc2[nH]c(O)c(C(=Nc3ccc(N(C)C(=O)CCN(CC)CC)cc3)c3ccccc3)c2c1. The maximum Gasteiger partial charge on any atom is 0.361 e. The lowest BCUT2D eigenvalue weighted by atomic mass is 10.0. The second kappa shape index (κ2) is 14.6. The monoisotopic (exact) mass is 604 g/mol. The second-order valence-corrected chi connectivity index (χ2v) is 12.0. The number of carbonyl (C=O) groups excluding carboxylic acids is 1. The second-order valence-electron chi connectivity index (χ2n) is 9.98. The summed E-state index contributed by atoms with van der Waals surface area (Å²) in [6.45, 7) is 10.7. The highest BCUT2D eigenvalue weighted by Crippen LogP contribution is 2.47. The van der Waals surface area contributed by atoms with Gasteiger partial charge < -0.3 is 28.9 Å². The fourth-order valence-electron chi connectivity index (χ4n) is 4.95. The molecule has 0 aliphatic carbocycles.